The Morgan fingerprint density at radius 1 is 1.28 bits per heavy atom. The highest BCUT2D eigenvalue weighted by molar-refractivity contribution is 9.10. The van der Waals surface area contributed by atoms with Gasteiger partial charge in [-0.3, -0.25) is 14.2 Å². The molecule has 2 heterocycles. The largest absolute Gasteiger partial charge is 0.436 e. The van der Waals surface area contributed by atoms with Gasteiger partial charge < -0.3 is 5.32 Å². The van der Waals surface area contributed by atoms with Crippen LogP contribution in [0.4, 0.5) is 18.9 Å². The van der Waals surface area contributed by atoms with Crippen LogP contribution >= 0.6 is 27.5 Å². The van der Waals surface area contributed by atoms with Crippen LogP contribution in [0.2, 0.25) is 5.02 Å². The van der Waals surface area contributed by atoms with E-state index in [0.29, 0.717) is 12.2 Å². The van der Waals surface area contributed by atoms with Gasteiger partial charge in [-0.1, -0.05) is 23.7 Å². The smallest absolute Gasteiger partial charge is 0.321 e. The van der Waals surface area contributed by atoms with E-state index >= 15 is 0 Å². The molecule has 0 fully saturated rings. The third-order valence-electron chi connectivity index (χ3n) is 4.28. The Kier molecular flexibility index (Phi) is 5.77. The summed E-state index contributed by atoms with van der Waals surface area (Å²) < 4.78 is 42.4. The zero-order valence-corrected chi connectivity index (χ0v) is 17.9. The first-order valence-electron chi connectivity index (χ1n) is 8.38. The normalized spacial score (nSPS) is 11.7. The van der Waals surface area contributed by atoms with Crippen molar-refractivity contribution in [2.45, 2.75) is 26.6 Å². The van der Waals surface area contributed by atoms with Crippen molar-refractivity contribution >= 4 is 39.1 Å². The number of alkyl halides is 3. The second-order valence-corrected chi connectivity index (χ2v) is 7.60. The molecule has 0 atom stereocenters. The number of nitrogens with one attached hydrogen (secondary N) is 1. The number of anilines is 1. The first kappa shape index (κ1) is 21.4. The van der Waals surface area contributed by atoms with E-state index in [1.165, 1.54) is 7.05 Å². The fraction of sp³-hybridized carbons (Fsp3) is 0.278. The third-order valence-corrected chi connectivity index (χ3v) is 5.79. The van der Waals surface area contributed by atoms with E-state index < -0.39 is 22.8 Å². The van der Waals surface area contributed by atoms with Crippen LogP contribution in [0.3, 0.4) is 0 Å². The summed E-state index contributed by atoms with van der Waals surface area (Å²) in [6, 6.07) is 6.95. The summed E-state index contributed by atoms with van der Waals surface area (Å²) in [5, 5.41) is 9.60. The number of aromatic nitrogens is 4. The maximum atomic E-state index is 13.0. The van der Waals surface area contributed by atoms with Gasteiger partial charge in [0.1, 0.15) is 10.7 Å². The molecule has 1 amide bonds. The third kappa shape index (κ3) is 4.32. The second-order valence-electron chi connectivity index (χ2n) is 6.43. The summed E-state index contributed by atoms with van der Waals surface area (Å²) in [5.41, 5.74) is 1.42. The van der Waals surface area contributed by atoms with Gasteiger partial charge in [-0.2, -0.15) is 23.4 Å². The molecule has 1 N–H and O–H groups in total. The number of halogens is 5. The molecule has 0 aliphatic rings. The van der Waals surface area contributed by atoms with Crippen molar-refractivity contribution in [1.29, 1.82) is 0 Å². The summed E-state index contributed by atoms with van der Waals surface area (Å²) in [4.78, 5) is 12.5. The number of aryl methyl sites for hydroxylation is 2. The lowest BCUT2D eigenvalue weighted by Gasteiger charge is -2.09. The summed E-state index contributed by atoms with van der Waals surface area (Å²) in [6.45, 7) is 4.28. The molecule has 3 aromatic rings. The first-order valence-corrected chi connectivity index (χ1v) is 9.55. The van der Waals surface area contributed by atoms with E-state index in [-0.39, 0.29) is 5.69 Å². The summed E-state index contributed by atoms with van der Waals surface area (Å²) in [7, 11) is 1.23. The van der Waals surface area contributed by atoms with Gasteiger partial charge in [-0.15, -0.1) is 0 Å². The Morgan fingerprint density at radius 2 is 1.97 bits per heavy atom. The van der Waals surface area contributed by atoms with Gasteiger partial charge in [0.2, 0.25) is 0 Å². The van der Waals surface area contributed by atoms with E-state index in [2.05, 4.69) is 31.4 Å². The molecule has 0 radical (unpaired) electrons. The zero-order valence-electron chi connectivity index (χ0n) is 15.6. The Balaban J connectivity index is 1.83. The average Bonchev–Trinajstić information content (AvgIpc) is 3.06. The first-order chi connectivity index (χ1) is 13.5. The number of rotatable bonds is 4. The number of amides is 1. The predicted octanol–water partition coefficient (Wildman–Crippen LogP) is 4.97. The van der Waals surface area contributed by atoms with Crippen LogP contribution < -0.4 is 5.32 Å². The molecule has 0 bridgehead atoms. The molecule has 0 aliphatic carbocycles. The molecule has 6 nitrogen and oxygen atoms in total. The van der Waals surface area contributed by atoms with Gasteiger partial charge in [0, 0.05) is 12.7 Å². The van der Waals surface area contributed by atoms with Crippen LogP contribution in [0.25, 0.3) is 0 Å². The number of hydrogen-bond donors (Lipinski definition) is 1. The number of benzene rings is 1. The molecular formula is C18H16BrClF3N5O. The molecule has 2 aromatic heterocycles. The van der Waals surface area contributed by atoms with Crippen molar-refractivity contribution in [1.82, 2.24) is 19.6 Å². The van der Waals surface area contributed by atoms with Crippen LogP contribution in [-0.4, -0.2) is 25.5 Å². The lowest BCUT2D eigenvalue weighted by Crippen LogP contribution is -2.16. The fourth-order valence-corrected chi connectivity index (χ4v) is 3.50. The Hall–Kier alpha value is -2.33. The van der Waals surface area contributed by atoms with Crippen molar-refractivity contribution in [3.63, 3.8) is 0 Å². The molecule has 0 saturated carbocycles. The average molecular weight is 491 g/mol. The maximum Gasteiger partial charge on any atom is 0.436 e. The minimum atomic E-state index is -4.75. The molecular weight excluding hydrogens is 475 g/mol. The number of carbonyl (C=O) groups excluding carboxylic acids is 1. The van der Waals surface area contributed by atoms with E-state index in [1.54, 1.807) is 18.2 Å². The maximum absolute atomic E-state index is 13.0. The molecule has 0 aliphatic heterocycles. The SMILES string of the molecule is Cc1nn(Cc2cccc(NC(=O)c3c(Cl)c(C(F)(F)F)nn3C)c2)c(C)c1Br. The molecule has 0 unspecified atom stereocenters. The van der Waals surface area contributed by atoms with E-state index in [1.807, 2.05) is 24.6 Å². The van der Waals surface area contributed by atoms with Crippen molar-refractivity contribution in [2.75, 3.05) is 5.32 Å². The molecule has 0 saturated heterocycles. The van der Waals surface area contributed by atoms with Crippen LogP contribution in [-0.2, 0) is 19.8 Å². The Labute approximate surface area is 177 Å². The van der Waals surface area contributed by atoms with Crippen molar-refractivity contribution in [3.05, 3.63) is 62.1 Å². The number of nitrogens with zero attached hydrogens (tertiary/aromatic N) is 4. The highest BCUT2D eigenvalue weighted by Gasteiger charge is 2.39. The highest BCUT2D eigenvalue weighted by atomic mass is 79.9. The molecule has 29 heavy (non-hydrogen) atoms. The van der Waals surface area contributed by atoms with Gasteiger partial charge in [-0.05, 0) is 47.5 Å². The van der Waals surface area contributed by atoms with E-state index in [4.69, 9.17) is 11.6 Å². The lowest BCUT2D eigenvalue weighted by atomic mass is 10.2. The van der Waals surface area contributed by atoms with Gasteiger partial charge in [0.25, 0.3) is 5.91 Å². The van der Waals surface area contributed by atoms with E-state index in [9.17, 15) is 18.0 Å². The van der Waals surface area contributed by atoms with Gasteiger partial charge in [-0.25, -0.2) is 0 Å². The second kappa shape index (κ2) is 7.83. The minimum absolute atomic E-state index is 0.369. The molecule has 154 valence electrons. The standard InChI is InChI=1S/C18H16BrClF3N5O/c1-9-13(19)10(2)28(25-9)8-11-5-4-6-12(7-11)24-17(29)15-14(20)16(18(21,22)23)26-27(15)3/h4-7H,8H2,1-3H3,(H,24,29). The molecule has 3 rings (SSSR count). The van der Waals surface area contributed by atoms with Crippen molar-refractivity contribution < 1.29 is 18.0 Å². The summed E-state index contributed by atoms with van der Waals surface area (Å²) >= 11 is 9.24. The predicted molar refractivity (Wildman–Crippen MR) is 106 cm³/mol. The van der Waals surface area contributed by atoms with Crippen LogP contribution in [0.1, 0.15) is 33.1 Å². The van der Waals surface area contributed by atoms with Gasteiger partial charge in [0.15, 0.2) is 5.69 Å². The molecule has 1 aromatic carbocycles. The Bertz CT molecular complexity index is 1090. The quantitative estimate of drug-likeness (QED) is 0.562. The molecule has 11 heteroatoms. The van der Waals surface area contributed by atoms with Gasteiger partial charge >= 0.3 is 6.18 Å². The fourth-order valence-electron chi connectivity index (χ4n) is 2.87. The van der Waals surface area contributed by atoms with Crippen LogP contribution in [0.15, 0.2) is 28.7 Å². The molecule has 0 spiro atoms. The number of carbonyl (C=O) groups is 1. The summed E-state index contributed by atoms with van der Waals surface area (Å²) in [6.07, 6.45) is -4.75. The van der Waals surface area contributed by atoms with Crippen molar-refractivity contribution in [3.8, 4) is 0 Å². The highest BCUT2D eigenvalue weighted by Crippen LogP contribution is 2.35. The van der Waals surface area contributed by atoms with Crippen LogP contribution in [0, 0.1) is 13.8 Å². The van der Waals surface area contributed by atoms with Crippen LogP contribution in [0.5, 0.6) is 0 Å². The zero-order chi connectivity index (χ0) is 21.5. The lowest BCUT2D eigenvalue weighted by molar-refractivity contribution is -0.141. The van der Waals surface area contributed by atoms with Gasteiger partial charge in [0.05, 0.1) is 22.4 Å². The van der Waals surface area contributed by atoms with E-state index in [0.717, 1.165) is 26.1 Å². The Morgan fingerprint density at radius 3 is 2.52 bits per heavy atom. The minimum Gasteiger partial charge on any atom is -0.321 e. The van der Waals surface area contributed by atoms with Crippen molar-refractivity contribution in [2.24, 2.45) is 7.05 Å². The number of hydrogen-bond acceptors (Lipinski definition) is 3. The summed E-state index contributed by atoms with van der Waals surface area (Å²) in [5.74, 6) is -0.786. The monoisotopic (exact) mass is 489 g/mol. The topological polar surface area (TPSA) is 64.7 Å².